The fraction of sp³-hybridized carbons (Fsp3) is 0.312. The number of rotatable bonds is 5. The van der Waals surface area contributed by atoms with Crippen molar-refractivity contribution in [1.82, 2.24) is 4.98 Å². The number of hydrogen-bond donors (Lipinski definition) is 1. The molecule has 0 fully saturated rings. The lowest BCUT2D eigenvalue weighted by Crippen LogP contribution is -2.07. The maximum atomic E-state index is 13.4. The van der Waals surface area contributed by atoms with Gasteiger partial charge in [0, 0.05) is 11.8 Å². The monoisotopic (exact) mass is 291 g/mol. The Hall–Kier alpha value is -2.14. The molecule has 112 valence electrons. The molecule has 0 bridgehead atoms. The molecule has 1 N–H and O–H groups in total. The van der Waals surface area contributed by atoms with Crippen LogP contribution in [0.3, 0.4) is 0 Å². The van der Waals surface area contributed by atoms with Crippen LogP contribution >= 0.6 is 0 Å². The number of methoxy groups -OCH3 is 1. The molecular weight excluding hydrogens is 273 g/mol. The van der Waals surface area contributed by atoms with Gasteiger partial charge in [-0.1, -0.05) is 6.07 Å². The zero-order valence-electron chi connectivity index (χ0n) is 12.2. The van der Waals surface area contributed by atoms with Crippen LogP contribution in [0, 0.1) is 5.82 Å². The third kappa shape index (κ3) is 3.70. The zero-order chi connectivity index (χ0) is 15.4. The molecule has 0 amide bonds. The van der Waals surface area contributed by atoms with Gasteiger partial charge in [0.1, 0.15) is 11.9 Å². The maximum absolute atomic E-state index is 13.4. The number of halogens is 1. The predicted octanol–water partition coefficient (Wildman–Crippen LogP) is 3.10. The van der Waals surface area contributed by atoms with Crippen LogP contribution in [-0.2, 0) is 0 Å². The molecular formula is C16H18FNO3. The van der Waals surface area contributed by atoms with Gasteiger partial charge in [-0.05, 0) is 37.6 Å². The van der Waals surface area contributed by atoms with Gasteiger partial charge < -0.3 is 14.6 Å². The molecule has 4 nitrogen and oxygen atoms in total. The van der Waals surface area contributed by atoms with E-state index in [2.05, 4.69) is 4.98 Å². The molecule has 2 rings (SSSR count). The van der Waals surface area contributed by atoms with E-state index in [1.54, 1.807) is 18.5 Å². The van der Waals surface area contributed by atoms with E-state index < -0.39 is 11.9 Å². The van der Waals surface area contributed by atoms with Crippen LogP contribution in [0.4, 0.5) is 4.39 Å². The molecule has 1 atom stereocenters. The van der Waals surface area contributed by atoms with E-state index in [1.165, 1.54) is 25.3 Å². The molecule has 1 heterocycles. The molecule has 0 aliphatic heterocycles. The van der Waals surface area contributed by atoms with Gasteiger partial charge in [0.15, 0.2) is 11.6 Å². The minimum Gasteiger partial charge on any atom is -0.494 e. The molecule has 5 heteroatoms. The van der Waals surface area contributed by atoms with E-state index in [0.29, 0.717) is 16.9 Å². The van der Waals surface area contributed by atoms with Crippen LogP contribution in [-0.4, -0.2) is 23.3 Å². The minimum absolute atomic E-state index is 0.0186. The normalized spacial score (nSPS) is 12.3. The Morgan fingerprint density at radius 3 is 2.57 bits per heavy atom. The second-order valence-electron chi connectivity index (χ2n) is 4.92. The lowest BCUT2D eigenvalue weighted by atomic mass is 10.0. The van der Waals surface area contributed by atoms with Crippen LogP contribution in [0.2, 0.25) is 0 Å². The summed E-state index contributed by atoms with van der Waals surface area (Å²) in [6, 6.07) is 5.96. The first-order chi connectivity index (χ1) is 10.0. The number of hydrogen-bond acceptors (Lipinski definition) is 4. The summed E-state index contributed by atoms with van der Waals surface area (Å²) in [4.78, 5) is 4.05. The molecule has 0 saturated heterocycles. The predicted molar refractivity (Wildman–Crippen MR) is 77.0 cm³/mol. The summed E-state index contributed by atoms with van der Waals surface area (Å²) >= 11 is 0. The quantitative estimate of drug-likeness (QED) is 0.919. The van der Waals surface area contributed by atoms with Crippen molar-refractivity contribution in [3.8, 4) is 11.5 Å². The molecule has 21 heavy (non-hydrogen) atoms. The molecule has 1 aromatic heterocycles. The van der Waals surface area contributed by atoms with E-state index in [-0.39, 0.29) is 11.9 Å². The second kappa shape index (κ2) is 6.54. The summed E-state index contributed by atoms with van der Waals surface area (Å²) in [5.41, 5.74) is 1.10. The first-order valence-corrected chi connectivity index (χ1v) is 6.64. The van der Waals surface area contributed by atoms with Gasteiger partial charge in [-0.3, -0.25) is 4.98 Å². The topological polar surface area (TPSA) is 51.6 Å². The molecule has 1 aromatic carbocycles. The average molecular weight is 291 g/mol. The lowest BCUT2D eigenvalue weighted by Gasteiger charge is -2.15. The molecule has 0 spiro atoms. The van der Waals surface area contributed by atoms with Gasteiger partial charge in [0.2, 0.25) is 0 Å². The molecule has 0 aliphatic carbocycles. The third-order valence-electron chi connectivity index (χ3n) is 2.91. The maximum Gasteiger partial charge on any atom is 0.165 e. The minimum atomic E-state index is -0.928. The van der Waals surface area contributed by atoms with Crippen LogP contribution in [0.1, 0.15) is 31.1 Å². The molecule has 0 aliphatic rings. The van der Waals surface area contributed by atoms with Crippen LogP contribution in [0.15, 0.2) is 36.7 Å². The number of aliphatic hydroxyl groups is 1. The standard InChI is InChI=1S/C16H18FNO3/c1-10(2)21-13-6-12(8-18-9-13)16(19)11-4-5-14(17)15(7-11)20-3/h4-10,16,19H,1-3H3. The summed E-state index contributed by atoms with van der Waals surface area (Å²) in [5, 5.41) is 10.4. The lowest BCUT2D eigenvalue weighted by molar-refractivity contribution is 0.215. The van der Waals surface area contributed by atoms with Gasteiger partial charge in [-0.2, -0.15) is 0 Å². The van der Waals surface area contributed by atoms with Gasteiger partial charge in [0.25, 0.3) is 0 Å². The molecule has 0 radical (unpaired) electrons. The van der Waals surface area contributed by atoms with Crippen LogP contribution in [0.5, 0.6) is 11.5 Å². The highest BCUT2D eigenvalue weighted by atomic mass is 19.1. The molecule has 0 saturated carbocycles. The number of nitrogens with zero attached hydrogens (tertiary/aromatic N) is 1. The van der Waals surface area contributed by atoms with Crippen LogP contribution in [0.25, 0.3) is 0 Å². The number of ether oxygens (including phenoxy) is 2. The van der Waals surface area contributed by atoms with Gasteiger partial charge in [0.05, 0.1) is 19.4 Å². The summed E-state index contributed by atoms with van der Waals surface area (Å²) in [7, 11) is 1.38. The SMILES string of the molecule is COc1cc(C(O)c2cncc(OC(C)C)c2)ccc1F. The Morgan fingerprint density at radius 2 is 1.90 bits per heavy atom. The van der Waals surface area contributed by atoms with E-state index >= 15 is 0 Å². The fourth-order valence-electron chi connectivity index (χ4n) is 1.96. The molecule has 2 aromatic rings. The van der Waals surface area contributed by atoms with E-state index in [4.69, 9.17) is 9.47 Å². The van der Waals surface area contributed by atoms with Gasteiger partial charge in [-0.15, -0.1) is 0 Å². The summed E-state index contributed by atoms with van der Waals surface area (Å²) < 4.78 is 23.9. The largest absolute Gasteiger partial charge is 0.494 e. The second-order valence-corrected chi connectivity index (χ2v) is 4.92. The van der Waals surface area contributed by atoms with Crippen molar-refractivity contribution in [2.75, 3.05) is 7.11 Å². The highest BCUT2D eigenvalue weighted by molar-refractivity contribution is 5.37. The Morgan fingerprint density at radius 1 is 1.14 bits per heavy atom. The highest BCUT2D eigenvalue weighted by Crippen LogP contribution is 2.28. The Balaban J connectivity index is 2.29. The number of aromatic nitrogens is 1. The van der Waals surface area contributed by atoms with Crippen molar-refractivity contribution in [1.29, 1.82) is 0 Å². The highest BCUT2D eigenvalue weighted by Gasteiger charge is 2.14. The zero-order valence-corrected chi connectivity index (χ0v) is 12.2. The number of benzene rings is 1. The van der Waals surface area contributed by atoms with Crippen molar-refractivity contribution < 1.29 is 19.0 Å². The Bertz CT molecular complexity index is 616. The van der Waals surface area contributed by atoms with Gasteiger partial charge in [-0.25, -0.2) is 4.39 Å². The van der Waals surface area contributed by atoms with Crippen molar-refractivity contribution in [3.63, 3.8) is 0 Å². The van der Waals surface area contributed by atoms with Crippen molar-refractivity contribution in [2.45, 2.75) is 26.1 Å². The van der Waals surface area contributed by atoms with Crippen molar-refractivity contribution >= 4 is 0 Å². The van der Waals surface area contributed by atoms with E-state index in [1.807, 2.05) is 13.8 Å². The van der Waals surface area contributed by atoms with Gasteiger partial charge >= 0.3 is 0 Å². The van der Waals surface area contributed by atoms with Crippen LogP contribution < -0.4 is 9.47 Å². The Labute approximate surface area is 123 Å². The number of aliphatic hydroxyl groups excluding tert-OH is 1. The van der Waals surface area contributed by atoms with E-state index in [9.17, 15) is 9.50 Å². The first kappa shape index (κ1) is 15.3. The first-order valence-electron chi connectivity index (χ1n) is 6.64. The number of pyridine rings is 1. The summed E-state index contributed by atoms with van der Waals surface area (Å²) in [6.07, 6.45) is 2.22. The smallest absolute Gasteiger partial charge is 0.165 e. The third-order valence-corrected chi connectivity index (χ3v) is 2.91. The Kier molecular flexibility index (Phi) is 4.75. The van der Waals surface area contributed by atoms with E-state index in [0.717, 1.165) is 0 Å². The fourth-order valence-corrected chi connectivity index (χ4v) is 1.96. The van der Waals surface area contributed by atoms with Crippen molar-refractivity contribution in [3.05, 3.63) is 53.6 Å². The summed E-state index contributed by atoms with van der Waals surface area (Å²) in [5.74, 6) is 0.202. The molecule has 1 unspecified atom stereocenters. The summed E-state index contributed by atoms with van der Waals surface area (Å²) in [6.45, 7) is 3.82. The van der Waals surface area contributed by atoms with Crippen molar-refractivity contribution in [2.24, 2.45) is 0 Å². The average Bonchev–Trinajstić information content (AvgIpc) is 2.46.